The quantitative estimate of drug-likeness (QED) is 0.779. The van der Waals surface area contributed by atoms with Gasteiger partial charge < -0.3 is 10.2 Å². The fourth-order valence-corrected chi connectivity index (χ4v) is 4.72. The van der Waals surface area contributed by atoms with Gasteiger partial charge in [-0.15, -0.1) is 0 Å². The lowest BCUT2D eigenvalue weighted by Gasteiger charge is -2.34. The Morgan fingerprint density at radius 1 is 1.17 bits per heavy atom. The van der Waals surface area contributed by atoms with E-state index < -0.39 is 15.1 Å². The maximum absolute atomic E-state index is 12.3. The van der Waals surface area contributed by atoms with Crippen molar-refractivity contribution < 1.29 is 13.2 Å². The number of carbonyl (C=O) groups excluding carboxylic acids is 1. The van der Waals surface area contributed by atoms with Gasteiger partial charge in [0.1, 0.15) is 5.25 Å². The van der Waals surface area contributed by atoms with Crippen LogP contribution in [0.3, 0.4) is 0 Å². The summed E-state index contributed by atoms with van der Waals surface area (Å²) in [7, 11) is -1.46. The summed E-state index contributed by atoms with van der Waals surface area (Å²) < 4.78 is 23.9. The predicted octanol–water partition coefficient (Wildman–Crippen LogP) is 0.164. The van der Waals surface area contributed by atoms with Crippen molar-refractivity contribution in [2.24, 2.45) is 0 Å². The Bertz CT molecular complexity index is 402. The van der Waals surface area contributed by atoms with Crippen molar-refractivity contribution in [2.75, 3.05) is 25.9 Å². The first-order valence-electron chi connectivity index (χ1n) is 6.71. The minimum absolute atomic E-state index is 0.170. The van der Waals surface area contributed by atoms with Gasteiger partial charge in [-0.1, -0.05) is 6.42 Å². The zero-order valence-corrected chi connectivity index (χ0v) is 11.7. The Hall–Kier alpha value is -0.620. The number of hydrogen-bond donors (Lipinski definition) is 1. The fourth-order valence-electron chi connectivity index (χ4n) is 2.83. The number of nitrogens with zero attached hydrogens (tertiary/aromatic N) is 1. The molecule has 0 bridgehead atoms. The second-order valence-electron chi connectivity index (χ2n) is 5.28. The molecule has 1 atom stereocenters. The lowest BCUT2D eigenvalue weighted by molar-refractivity contribution is -0.132. The smallest absolute Gasteiger partial charge is 0.240 e. The van der Waals surface area contributed by atoms with Crippen molar-refractivity contribution in [1.82, 2.24) is 10.2 Å². The molecule has 1 unspecified atom stereocenters. The molecule has 0 radical (unpaired) electrons. The van der Waals surface area contributed by atoms with E-state index in [1.807, 2.05) is 0 Å². The number of rotatable bonds is 2. The van der Waals surface area contributed by atoms with Crippen LogP contribution in [0.5, 0.6) is 0 Å². The maximum atomic E-state index is 12.3. The molecule has 0 aromatic heterocycles. The third-order valence-corrected chi connectivity index (χ3v) is 6.22. The van der Waals surface area contributed by atoms with Crippen molar-refractivity contribution in [3.05, 3.63) is 0 Å². The van der Waals surface area contributed by atoms with Gasteiger partial charge in [-0.3, -0.25) is 4.79 Å². The number of amides is 1. The summed E-state index contributed by atoms with van der Waals surface area (Å²) >= 11 is 0. The standard InChI is InChI=1S/C12H22N2O3S/c1-14(10-5-7-13-8-6-10)12(15)11-4-2-3-9-18(11,16)17/h10-11,13H,2-9H2,1H3. The molecule has 0 saturated carbocycles. The highest BCUT2D eigenvalue weighted by molar-refractivity contribution is 7.92. The minimum atomic E-state index is -3.21. The molecule has 2 aliphatic rings. The molecule has 2 rings (SSSR count). The van der Waals surface area contributed by atoms with Crippen LogP contribution in [0.15, 0.2) is 0 Å². The van der Waals surface area contributed by atoms with Crippen LogP contribution in [0, 0.1) is 0 Å². The molecule has 104 valence electrons. The van der Waals surface area contributed by atoms with Crippen molar-refractivity contribution in [3.8, 4) is 0 Å². The molecule has 0 aromatic rings. The Morgan fingerprint density at radius 3 is 2.44 bits per heavy atom. The van der Waals surface area contributed by atoms with Gasteiger partial charge in [0.15, 0.2) is 9.84 Å². The largest absolute Gasteiger partial charge is 0.342 e. The monoisotopic (exact) mass is 274 g/mol. The van der Waals surface area contributed by atoms with E-state index in [1.54, 1.807) is 11.9 Å². The van der Waals surface area contributed by atoms with E-state index in [1.165, 1.54) is 0 Å². The molecule has 5 nitrogen and oxygen atoms in total. The zero-order valence-electron chi connectivity index (χ0n) is 10.9. The summed E-state index contributed by atoms with van der Waals surface area (Å²) in [6.07, 6.45) is 3.86. The predicted molar refractivity (Wildman–Crippen MR) is 70.1 cm³/mol. The Kier molecular flexibility index (Phi) is 4.27. The molecule has 1 N–H and O–H groups in total. The molecule has 18 heavy (non-hydrogen) atoms. The van der Waals surface area contributed by atoms with Gasteiger partial charge in [0.05, 0.1) is 5.75 Å². The molecule has 0 aromatic carbocycles. The normalized spacial score (nSPS) is 28.8. The van der Waals surface area contributed by atoms with Crippen LogP contribution in [-0.4, -0.2) is 56.4 Å². The summed E-state index contributed by atoms with van der Waals surface area (Å²) in [5.41, 5.74) is 0. The molecule has 2 heterocycles. The first kappa shape index (κ1) is 13.8. The Morgan fingerprint density at radius 2 is 1.83 bits per heavy atom. The molecule has 1 amide bonds. The molecule has 2 aliphatic heterocycles. The lowest BCUT2D eigenvalue weighted by Crippen LogP contribution is -2.50. The van der Waals surface area contributed by atoms with Crippen molar-refractivity contribution >= 4 is 15.7 Å². The zero-order chi connectivity index (χ0) is 13.2. The number of hydrogen-bond acceptors (Lipinski definition) is 4. The molecule has 0 spiro atoms. The van der Waals surface area contributed by atoms with Gasteiger partial charge in [0.2, 0.25) is 5.91 Å². The van der Waals surface area contributed by atoms with Crippen molar-refractivity contribution in [2.45, 2.75) is 43.4 Å². The van der Waals surface area contributed by atoms with Gasteiger partial charge in [0.25, 0.3) is 0 Å². The van der Waals surface area contributed by atoms with Gasteiger partial charge >= 0.3 is 0 Å². The van der Waals surface area contributed by atoms with Crippen molar-refractivity contribution in [1.29, 1.82) is 0 Å². The number of carbonyl (C=O) groups is 1. The van der Waals surface area contributed by atoms with Crippen molar-refractivity contribution in [3.63, 3.8) is 0 Å². The van der Waals surface area contributed by atoms with E-state index in [-0.39, 0.29) is 17.7 Å². The highest BCUT2D eigenvalue weighted by atomic mass is 32.2. The fraction of sp³-hybridized carbons (Fsp3) is 0.917. The van der Waals surface area contributed by atoms with Crippen LogP contribution >= 0.6 is 0 Å². The average molecular weight is 274 g/mol. The first-order valence-corrected chi connectivity index (χ1v) is 8.43. The molecular weight excluding hydrogens is 252 g/mol. The summed E-state index contributed by atoms with van der Waals surface area (Å²) in [6.45, 7) is 1.80. The van der Waals surface area contributed by atoms with E-state index in [4.69, 9.17) is 0 Å². The SMILES string of the molecule is CN(C(=O)C1CCCCS1(=O)=O)C1CCNCC1. The van der Waals surface area contributed by atoms with Crippen LogP contribution in [0.2, 0.25) is 0 Å². The molecule has 6 heteroatoms. The maximum Gasteiger partial charge on any atom is 0.240 e. The van der Waals surface area contributed by atoms with Crippen LogP contribution < -0.4 is 5.32 Å². The number of nitrogens with one attached hydrogen (secondary N) is 1. The van der Waals surface area contributed by atoms with Crippen LogP contribution in [0.1, 0.15) is 32.1 Å². The van der Waals surface area contributed by atoms with Crippen LogP contribution in [0.25, 0.3) is 0 Å². The average Bonchev–Trinajstić information content (AvgIpc) is 2.37. The van der Waals surface area contributed by atoms with Crippen LogP contribution in [-0.2, 0) is 14.6 Å². The van der Waals surface area contributed by atoms with E-state index in [0.717, 1.165) is 32.4 Å². The van der Waals surface area contributed by atoms with Gasteiger partial charge in [0, 0.05) is 13.1 Å². The number of piperidine rings is 1. The molecule has 2 fully saturated rings. The van der Waals surface area contributed by atoms with Gasteiger partial charge in [-0.25, -0.2) is 8.42 Å². The van der Waals surface area contributed by atoms with E-state index in [9.17, 15) is 13.2 Å². The highest BCUT2D eigenvalue weighted by Gasteiger charge is 2.38. The third kappa shape index (κ3) is 2.85. The topological polar surface area (TPSA) is 66.5 Å². The third-order valence-electron chi connectivity index (χ3n) is 4.06. The second kappa shape index (κ2) is 5.57. The Balaban J connectivity index is 2.05. The summed E-state index contributed by atoms with van der Waals surface area (Å²) in [4.78, 5) is 14.0. The van der Waals surface area contributed by atoms with E-state index in [2.05, 4.69) is 5.32 Å². The minimum Gasteiger partial charge on any atom is -0.342 e. The second-order valence-corrected chi connectivity index (χ2v) is 7.58. The number of sulfone groups is 1. The summed E-state index contributed by atoms with van der Waals surface area (Å²) in [6, 6.07) is 0.191. The van der Waals surface area contributed by atoms with E-state index >= 15 is 0 Å². The summed E-state index contributed by atoms with van der Waals surface area (Å²) in [5, 5.41) is 2.46. The Labute approximate surface area is 109 Å². The first-order chi connectivity index (χ1) is 8.52. The van der Waals surface area contributed by atoms with Gasteiger partial charge in [-0.2, -0.15) is 0 Å². The van der Waals surface area contributed by atoms with Crippen LogP contribution in [0.4, 0.5) is 0 Å². The molecular formula is C12H22N2O3S. The highest BCUT2D eigenvalue weighted by Crippen LogP contribution is 2.23. The van der Waals surface area contributed by atoms with E-state index in [0.29, 0.717) is 12.8 Å². The summed E-state index contributed by atoms with van der Waals surface area (Å²) in [5.74, 6) is -0.0229. The lowest BCUT2D eigenvalue weighted by atomic mass is 10.0. The molecule has 2 saturated heterocycles. The van der Waals surface area contributed by atoms with Gasteiger partial charge in [-0.05, 0) is 38.8 Å². The molecule has 0 aliphatic carbocycles.